The summed E-state index contributed by atoms with van der Waals surface area (Å²) in [5, 5.41) is 4.68. The zero-order chi connectivity index (χ0) is 14.9. The third-order valence-corrected chi connectivity index (χ3v) is 2.94. The second-order valence-electron chi connectivity index (χ2n) is 3.80. The second kappa shape index (κ2) is 5.52. The molecule has 8 heteroatoms. The van der Waals surface area contributed by atoms with Crippen molar-refractivity contribution in [3.05, 3.63) is 45.7 Å². The van der Waals surface area contributed by atoms with Crippen LogP contribution in [0, 0.1) is 0 Å². The SMILES string of the molecule is COC(=O)c1cnn(-c2cc(Cl)cc(Cl)c2)c1C(N)=O. The second-order valence-corrected chi connectivity index (χ2v) is 4.68. The Kier molecular flexibility index (Phi) is 3.96. The van der Waals surface area contributed by atoms with Gasteiger partial charge in [-0.3, -0.25) is 4.79 Å². The number of esters is 1. The minimum atomic E-state index is -0.820. The number of hydrogen-bond acceptors (Lipinski definition) is 4. The average molecular weight is 314 g/mol. The molecule has 0 unspecified atom stereocenters. The van der Waals surface area contributed by atoms with Crippen LogP contribution in [0.2, 0.25) is 10.0 Å². The normalized spacial score (nSPS) is 10.3. The number of hydrogen-bond donors (Lipinski definition) is 1. The maximum Gasteiger partial charge on any atom is 0.341 e. The van der Waals surface area contributed by atoms with Gasteiger partial charge in [0, 0.05) is 10.0 Å². The first-order chi connectivity index (χ1) is 9.43. The summed E-state index contributed by atoms with van der Waals surface area (Å²) in [6.45, 7) is 0. The van der Waals surface area contributed by atoms with E-state index in [1.807, 2.05) is 0 Å². The highest BCUT2D eigenvalue weighted by Crippen LogP contribution is 2.23. The summed E-state index contributed by atoms with van der Waals surface area (Å²) in [4.78, 5) is 23.1. The highest BCUT2D eigenvalue weighted by molar-refractivity contribution is 6.34. The van der Waals surface area contributed by atoms with Crippen molar-refractivity contribution in [3.8, 4) is 5.69 Å². The van der Waals surface area contributed by atoms with Crippen molar-refractivity contribution in [3.63, 3.8) is 0 Å². The van der Waals surface area contributed by atoms with Gasteiger partial charge < -0.3 is 10.5 Å². The lowest BCUT2D eigenvalue weighted by Crippen LogP contribution is -2.20. The van der Waals surface area contributed by atoms with Gasteiger partial charge in [0.25, 0.3) is 5.91 Å². The topological polar surface area (TPSA) is 87.2 Å². The van der Waals surface area contributed by atoms with Gasteiger partial charge in [0.2, 0.25) is 0 Å². The van der Waals surface area contributed by atoms with Gasteiger partial charge in [0.05, 0.1) is 19.0 Å². The Morgan fingerprint density at radius 2 is 1.85 bits per heavy atom. The predicted octanol–water partition coefficient (Wildman–Crippen LogP) is 2.06. The van der Waals surface area contributed by atoms with Crippen LogP contribution < -0.4 is 5.73 Å². The fourth-order valence-corrected chi connectivity index (χ4v) is 2.22. The maximum absolute atomic E-state index is 11.6. The number of benzene rings is 1. The van der Waals surface area contributed by atoms with Crippen LogP contribution in [-0.4, -0.2) is 28.8 Å². The molecule has 0 spiro atoms. The minimum Gasteiger partial charge on any atom is -0.465 e. The van der Waals surface area contributed by atoms with E-state index in [1.54, 1.807) is 0 Å². The first-order valence-electron chi connectivity index (χ1n) is 5.36. The molecule has 1 heterocycles. The van der Waals surface area contributed by atoms with Crippen molar-refractivity contribution < 1.29 is 14.3 Å². The molecule has 0 aliphatic carbocycles. The molecule has 104 valence electrons. The van der Waals surface area contributed by atoms with E-state index in [1.165, 1.54) is 36.2 Å². The zero-order valence-electron chi connectivity index (χ0n) is 10.3. The standard InChI is InChI=1S/C12H9Cl2N3O3/c1-20-12(19)9-5-16-17(10(9)11(15)18)8-3-6(13)2-7(14)4-8/h2-5H,1H3,(H2,15,18). The smallest absolute Gasteiger partial charge is 0.341 e. The number of aromatic nitrogens is 2. The molecule has 0 radical (unpaired) electrons. The molecular weight excluding hydrogens is 305 g/mol. The average Bonchev–Trinajstić information content (AvgIpc) is 2.81. The Bertz CT molecular complexity index is 677. The number of amides is 1. The summed E-state index contributed by atoms with van der Waals surface area (Å²) in [7, 11) is 1.20. The molecule has 1 aromatic carbocycles. The van der Waals surface area contributed by atoms with Crippen LogP contribution in [-0.2, 0) is 4.74 Å². The largest absolute Gasteiger partial charge is 0.465 e. The van der Waals surface area contributed by atoms with Crippen LogP contribution in [0.5, 0.6) is 0 Å². The highest BCUT2D eigenvalue weighted by atomic mass is 35.5. The van der Waals surface area contributed by atoms with Crippen molar-refractivity contribution in [1.82, 2.24) is 9.78 Å². The highest BCUT2D eigenvalue weighted by Gasteiger charge is 2.23. The molecule has 0 fully saturated rings. The number of primary amides is 1. The lowest BCUT2D eigenvalue weighted by atomic mass is 10.2. The fourth-order valence-electron chi connectivity index (χ4n) is 1.70. The Morgan fingerprint density at radius 1 is 1.25 bits per heavy atom. The Balaban J connectivity index is 2.65. The van der Waals surface area contributed by atoms with E-state index in [9.17, 15) is 9.59 Å². The first-order valence-corrected chi connectivity index (χ1v) is 6.12. The van der Waals surface area contributed by atoms with Crippen LogP contribution in [0.15, 0.2) is 24.4 Å². The van der Waals surface area contributed by atoms with Gasteiger partial charge in [0.15, 0.2) is 0 Å². The van der Waals surface area contributed by atoms with Crippen LogP contribution in [0.25, 0.3) is 5.69 Å². The Morgan fingerprint density at radius 3 is 2.35 bits per heavy atom. The summed E-state index contributed by atoms with van der Waals surface area (Å²) in [5.74, 6) is -1.53. The van der Waals surface area contributed by atoms with Gasteiger partial charge in [-0.1, -0.05) is 23.2 Å². The van der Waals surface area contributed by atoms with Crippen molar-refractivity contribution >= 4 is 35.1 Å². The number of methoxy groups -OCH3 is 1. The van der Waals surface area contributed by atoms with E-state index in [0.29, 0.717) is 15.7 Å². The van der Waals surface area contributed by atoms with E-state index >= 15 is 0 Å². The maximum atomic E-state index is 11.6. The Labute approximate surface area is 124 Å². The van der Waals surface area contributed by atoms with Gasteiger partial charge in [0.1, 0.15) is 11.3 Å². The molecule has 0 atom stereocenters. The summed E-state index contributed by atoms with van der Waals surface area (Å²) >= 11 is 11.8. The molecule has 0 aliphatic rings. The molecule has 0 aliphatic heterocycles. The summed E-state index contributed by atoms with van der Waals surface area (Å²) in [6, 6.07) is 4.60. The lowest BCUT2D eigenvalue weighted by molar-refractivity contribution is 0.0597. The van der Waals surface area contributed by atoms with Crippen molar-refractivity contribution in [1.29, 1.82) is 0 Å². The molecule has 0 bridgehead atoms. The molecule has 1 aromatic heterocycles. The molecule has 0 saturated heterocycles. The summed E-state index contributed by atoms with van der Waals surface area (Å²) in [5.41, 5.74) is 5.57. The number of rotatable bonds is 3. The number of nitrogens with zero attached hydrogens (tertiary/aromatic N) is 2. The number of ether oxygens (including phenoxy) is 1. The monoisotopic (exact) mass is 313 g/mol. The number of halogens is 2. The summed E-state index contributed by atoms with van der Waals surface area (Å²) < 4.78 is 5.76. The Hall–Kier alpha value is -2.05. The van der Waals surface area contributed by atoms with Crippen molar-refractivity contribution in [2.45, 2.75) is 0 Å². The number of carbonyl (C=O) groups excluding carboxylic acids is 2. The molecule has 2 rings (SSSR count). The van der Waals surface area contributed by atoms with E-state index < -0.39 is 11.9 Å². The van der Waals surface area contributed by atoms with Crippen molar-refractivity contribution in [2.75, 3.05) is 7.11 Å². The predicted molar refractivity (Wildman–Crippen MR) is 73.4 cm³/mol. The molecule has 2 aromatic rings. The molecule has 0 saturated carbocycles. The van der Waals surface area contributed by atoms with E-state index in [2.05, 4.69) is 9.84 Å². The summed E-state index contributed by atoms with van der Waals surface area (Å²) in [6.07, 6.45) is 1.20. The quantitative estimate of drug-likeness (QED) is 0.879. The van der Waals surface area contributed by atoms with Crippen molar-refractivity contribution in [2.24, 2.45) is 5.73 Å². The van der Waals surface area contributed by atoms with Gasteiger partial charge in [-0.25, -0.2) is 9.48 Å². The van der Waals surface area contributed by atoms with Gasteiger partial charge in [-0.05, 0) is 18.2 Å². The first kappa shape index (κ1) is 14.4. The van der Waals surface area contributed by atoms with Gasteiger partial charge in [-0.2, -0.15) is 5.10 Å². The van der Waals surface area contributed by atoms with Gasteiger partial charge in [-0.15, -0.1) is 0 Å². The van der Waals surface area contributed by atoms with E-state index in [4.69, 9.17) is 28.9 Å². The third kappa shape index (κ3) is 2.61. The van der Waals surface area contributed by atoms with Crippen LogP contribution >= 0.6 is 23.2 Å². The third-order valence-electron chi connectivity index (χ3n) is 2.50. The zero-order valence-corrected chi connectivity index (χ0v) is 11.8. The fraction of sp³-hybridized carbons (Fsp3) is 0.0833. The molecule has 6 nitrogen and oxygen atoms in total. The number of nitrogens with two attached hydrogens (primary N) is 1. The minimum absolute atomic E-state index is 0.0314. The van der Waals surface area contributed by atoms with E-state index in [-0.39, 0.29) is 11.3 Å². The molecule has 1 amide bonds. The molecular formula is C12H9Cl2N3O3. The van der Waals surface area contributed by atoms with E-state index in [0.717, 1.165) is 0 Å². The van der Waals surface area contributed by atoms with Crippen LogP contribution in [0.3, 0.4) is 0 Å². The van der Waals surface area contributed by atoms with Crippen LogP contribution in [0.1, 0.15) is 20.8 Å². The molecule has 20 heavy (non-hydrogen) atoms. The van der Waals surface area contributed by atoms with Crippen LogP contribution in [0.4, 0.5) is 0 Å². The lowest BCUT2D eigenvalue weighted by Gasteiger charge is -2.07. The van der Waals surface area contributed by atoms with Gasteiger partial charge >= 0.3 is 5.97 Å². The number of carbonyl (C=O) groups is 2. The molecule has 2 N–H and O–H groups in total.